The van der Waals surface area contributed by atoms with Gasteiger partial charge in [-0.1, -0.05) is 19.3 Å². The van der Waals surface area contributed by atoms with Crippen molar-refractivity contribution in [3.05, 3.63) is 16.3 Å². The van der Waals surface area contributed by atoms with Crippen LogP contribution in [0.5, 0.6) is 0 Å². The van der Waals surface area contributed by atoms with E-state index in [1.54, 1.807) is 11.3 Å². The van der Waals surface area contributed by atoms with Crippen molar-refractivity contribution in [3.63, 3.8) is 0 Å². The maximum Gasteiger partial charge on any atom is 0.0594 e. The first-order valence-corrected chi connectivity index (χ1v) is 7.38. The van der Waals surface area contributed by atoms with Gasteiger partial charge in [-0.25, -0.2) is 0 Å². The molecule has 0 unspecified atom stereocenters. The second-order valence-electron chi connectivity index (χ2n) is 4.61. The summed E-state index contributed by atoms with van der Waals surface area (Å²) < 4.78 is 5.84. The van der Waals surface area contributed by atoms with Gasteiger partial charge in [0.2, 0.25) is 0 Å². The zero-order chi connectivity index (χ0) is 11.9. The molecule has 0 spiro atoms. The van der Waals surface area contributed by atoms with Gasteiger partial charge in [0.25, 0.3) is 0 Å². The predicted molar refractivity (Wildman–Crippen MR) is 73.3 cm³/mol. The van der Waals surface area contributed by atoms with Crippen LogP contribution < -0.4 is 11.1 Å². The normalized spacial score (nSPS) is 17.4. The molecule has 0 atom stereocenters. The van der Waals surface area contributed by atoms with Gasteiger partial charge in [0.1, 0.15) is 0 Å². The Morgan fingerprint density at radius 2 is 2.18 bits per heavy atom. The lowest BCUT2D eigenvalue weighted by atomic mass is 9.98. The Morgan fingerprint density at radius 1 is 1.35 bits per heavy atom. The summed E-state index contributed by atoms with van der Waals surface area (Å²) >= 11 is 1.71. The van der Waals surface area contributed by atoms with Gasteiger partial charge in [0.05, 0.1) is 12.7 Å². The standard InChI is InChI=1S/C13H22N2OS/c14-12-6-9-17-13(12)10-15-7-8-16-11-4-2-1-3-5-11/h6,9,11,15H,1-5,7-8,10,14H2. The van der Waals surface area contributed by atoms with Crippen LogP contribution in [0.2, 0.25) is 0 Å². The fourth-order valence-electron chi connectivity index (χ4n) is 2.23. The van der Waals surface area contributed by atoms with Crippen LogP contribution in [0.3, 0.4) is 0 Å². The van der Waals surface area contributed by atoms with Crippen molar-refractivity contribution in [1.82, 2.24) is 5.32 Å². The fourth-order valence-corrected chi connectivity index (χ4v) is 2.99. The lowest BCUT2D eigenvalue weighted by molar-refractivity contribution is 0.0302. The molecule has 0 aromatic carbocycles. The number of nitrogen functional groups attached to an aromatic ring is 1. The Labute approximate surface area is 107 Å². The molecule has 17 heavy (non-hydrogen) atoms. The van der Waals surface area contributed by atoms with Crippen molar-refractivity contribution in [2.24, 2.45) is 0 Å². The van der Waals surface area contributed by atoms with Crippen molar-refractivity contribution in [3.8, 4) is 0 Å². The Morgan fingerprint density at radius 3 is 2.88 bits per heavy atom. The molecule has 1 aromatic rings. The highest BCUT2D eigenvalue weighted by atomic mass is 32.1. The van der Waals surface area contributed by atoms with E-state index in [1.807, 2.05) is 11.4 Å². The van der Waals surface area contributed by atoms with Crippen LogP contribution in [-0.2, 0) is 11.3 Å². The maximum atomic E-state index is 5.84. The van der Waals surface area contributed by atoms with Crippen molar-refractivity contribution in [2.45, 2.75) is 44.8 Å². The summed E-state index contributed by atoms with van der Waals surface area (Å²) in [5, 5.41) is 5.41. The van der Waals surface area contributed by atoms with Gasteiger partial charge in [-0.05, 0) is 24.3 Å². The topological polar surface area (TPSA) is 47.3 Å². The number of ether oxygens (including phenoxy) is 1. The molecular weight excluding hydrogens is 232 g/mol. The summed E-state index contributed by atoms with van der Waals surface area (Å²) in [7, 11) is 0. The van der Waals surface area contributed by atoms with E-state index in [-0.39, 0.29) is 0 Å². The molecule has 1 saturated carbocycles. The minimum atomic E-state index is 0.511. The number of rotatable bonds is 6. The summed E-state index contributed by atoms with van der Waals surface area (Å²) in [4.78, 5) is 1.22. The molecule has 0 amide bonds. The van der Waals surface area contributed by atoms with Crippen LogP contribution in [0.4, 0.5) is 5.69 Å². The second-order valence-corrected chi connectivity index (χ2v) is 5.61. The zero-order valence-electron chi connectivity index (χ0n) is 10.3. The molecule has 0 bridgehead atoms. The average Bonchev–Trinajstić information content (AvgIpc) is 2.76. The Balaban J connectivity index is 1.53. The monoisotopic (exact) mass is 254 g/mol. The molecule has 2 rings (SSSR count). The predicted octanol–water partition coefficient (Wildman–Crippen LogP) is 2.77. The summed E-state index contributed by atoms with van der Waals surface area (Å²) in [5.74, 6) is 0. The molecule has 0 aliphatic heterocycles. The summed E-state index contributed by atoms with van der Waals surface area (Å²) in [6.07, 6.45) is 7.07. The number of nitrogens with one attached hydrogen (secondary N) is 1. The minimum absolute atomic E-state index is 0.511. The third-order valence-electron chi connectivity index (χ3n) is 3.25. The minimum Gasteiger partial charge on any atom is -0.398 e. The largest absolute Gasteiger partial charge is 0.398 e. The number of anilines is 1. The van der Waals surface area contributed by atoms with Crippen molar-refractivity contribution < 1.29 is 4.74 Å². The molecule has 0 saturated heterocycles. The first kappa shape index (κ1) is 12.9. The third kappa shape index (κ3) is 4.30. The van der Waals surface area contributed by atoms with E-state index < -0.39 is 0 Å². The zero-order valence-corrected chi connectivity index (χ0v) is 11.1. The number of hydrogen-bond donors (Lipinski definition) is 2. The Kier molecular flexibility index (Phi) is 5.29. The Bertz CT molecular complexity index is 321. The molecule has 3 N–H and O–H groups in total. The van der Waals surface area contributed by atoms with E-state index >= 15 is 0 Å². The summed E-state index contributed by atoms with van der Waals surface area (Å²) in [6.45, 7) is 2.58. The van der Waals surface area contributed by atoms with Crippen LogP contribution in [0.1, 0.15) is 37.0 Å². The first-order valence-electron chi connectivity index (χ1n) is 6.50. The van der Waals surface area contributed by atoms with Gasteiger partial charge in [0.15, 0.2) is 0 Å². The lowest BCUT2D eigenvalue weighted by Gasteiger charge is -2.21. The first-order chi connectivity index (χ1) is 8.36. The fraction of sp³-hybridized carbons (Fsp3) is 0.692. The quantitative estimate of drug-likeness (QED) is 0.767. The van der Waals surface area contributed by atoms with Crippen LogP contribution in [0.25, 0.3) is 0 Å². The van der Waals surface area contributed by atoms with Crippen LogP contribution in [0.15, 0.2) is 11.4 Å². The van der Waals surface area contributed by atoms with Crippen molar-refractivity contribution >= 4 is 17.0 Å². The molecule has 1 heterocycles. The smallest absolute Gasteiger partial charge is 0.0594 e. The molecule has 96 valence electrons. The van der Waals surface area contributed by atoms with Crippen LogP contribution >= 0.6 is 11.3 Å². The molecule has 0 radical (unpaired) electrons. The third-order valence-corrected chi connectivity index (χ3v) is 4.19. The molecule has 1 aliphatic rings. The van der Waals surface area contributed by atoms with Crippen molar-refractivity contribution in [2.75, 3.05) is 18.9 Å². The van der Waals surface area contributed by atoms with E-state index in [2.05, 4.69) is 5.32 Å². The molecule has 3 nitrogen and oxygen atoms in total. The number of thiophene rings is 1. The number of nitrogens with two attached hydrogens (primary N) is 1. The molecular formula is C13H22N2OS. The van der Waals surface area contributed by atoms with Crippen LogP contribution in [0, 0.1) is 0 Å². The van der Waals surface area contributed by atoms with E-state index in [0.717, 1.165) is 25.4 Å². The van der Waals surface area contributed by atoms with Gasteiger partial charge >= 0.3 is 0 Å². The highest BCUT2D eigenvalue weighted by Crippen LogP contribution is 2.20. The molecule has 1 aromatic heterocycles. The second kappa shape index (κ2) is 6.99. The van der Waals surface area contributed by atoms with Crippen LogP contribution in [-0.4, -0.2) is 19.3 Å². The van der Waals surface area contributed by atoms with Crippen molar-refractivity contribution in [1.29, 1.82) is 0 Å². The van der Waals surface area contributed by atoms with E-state index in [4.69, 9.17) is 10.5 Å². The van der Waals surface area contributed by atoms with Gasteiger partial charge in [-0.2, -0.15) is 0 Å². The van der Waals surface area contributed by atoms with E-state index in [9.17, 15) is 0 Å². The average molecular weight is 254 g/mol. The molecule has 4 heteroatoms. The lowest BCUT2D eigenvalue weighted by Crippen LogP contribution is -2.24. The SMILES string of the molecule is Nc1ccsc1CNCCOC1CCCCC1. The van der Waals surface area contributed by atoms with E-state index in [1.165, 1.54) is 37.0 Å². The van der Waals surface area contributed by atoms with E-state index in [0.29, 0.717) is 6.10 Å². The van der Waals surface area contributed by atoms with Gasteiger partial charge in [-0.3, -0.25) is 0 Å². The highest BCUT2D eigenvalue weighted by molar-refractivity contribution is 7.10. The number of hydrogen-bond acceptors (Lipinski definition) is 4. The van der Waals surface area contributed by atoms with Gasteiger partial charge < -0.3 is 15.8 Å². The Hall–Kier alpha value is -0.580. The summed E-state index contributed by atoms with van der Waals surface area (Å²) in [6, 6.07) is 1.96. The van der Waals surface area contributed by atoms with Gasteiger partial charge in [-0.15, -0.1) is 11.3 Å². The van der Waals surface area contributed by atoms with Gasteiger partial charge in [0, 0.05) is 23.7 Å². The molecule has 1 fully saturated rings. The summed E-state index contributed by atoms with van der Waals surface area (Å²) in [5.41, 5.74) is 6.71. The maximum absolute atomic E-state index is 5.84. The highest BCUT2D eigenvalue weighted by Gasteiger charge is 2.12. The molecule has 1 aliphatic carbocycles.